The van der Waals surface area contributed by atoms with E-state index < -0.39 is 5.97 Å². The molecule has 14 heavy (non-hydrogen) atoms. The summed E-state index contributed by atoms with van der Waals surface area (Å²) in [5.74, 6) is 4.33. The van der Waals surface area contributed by atoms with Gasteiger partial charge >= 0.3 is 5.97 Å². The molecule has 0 radical (unpaired) electrons. The van der Waals surface area contributed by atoms with Crippen LogP contribution in [0.4, 0.5) is 0 Å². The highest BCUT2D eigenvalue weighted by molar-refractivity contribution is 5.88. The van der Waals surface area contributed by atoms with Gasteiger partial charge in [-0.2, -0.15) is 5.26 Å². The topological polar surface area (TPSA) is 50.1 Å². The number of methoxy groups -OCH3 is 1. The molecule has 3 heteroatoms. The van der Waals surface area contributed by atoms with E-state index >= 15 is 0 Å². The molecule has 0 bridgehead atoms. The van der Waals surface area contributed by atoms with Crippen LogP contribution in [-0.2, 0) is 9.53 Å². The lowest BCUT2D eigenvalue weighted by molar-refractivity contribution is -0.133. The van der Waals surface area contributed by atoms with E-state index in [0.717, 1.165) is 0 Å². The summed E-state index contributed by atoms with van der Waals surface area (Å²) in [6, 6.07) is 8.62. The Morgan fingerprint density at radius 1 is 1.29 bits per heavy atom. The van der Waals surface area contributed by atoms with E-state index in [4.69, 9.17) is 5.26 Å². The van der Waals surface area contributed by atoms with Gasteiger partial charge in [0.25, 0.3) is 0 Å². The average molecular weight is 185 g/mol. The van der Waals surface area contributed by atoms with E-state index in [2.05, 4.69) is 16.6 Å². The van der Waals surface area contributed by atoms with Crippen LogP contribution in [0.5, 0.6) is 0 Å². The Labute approximate surface area is 81.9 Å². The molecule has 68 valence electrons. The highest BCUT2D eigenvalue weighted by Crippen LogP contribution is 2.01. The van der Waals surface area contributed by atoms with Crippen molar-refractivity contribution in [2.75, 3.05) is 7.11 Å². The lowest BCUT2D eigenvalue weighted by Crippen LogP contribution is -1.94. The molecule has 0 aromatic heterocycles. The fraction of sp³-hybridized carbons (Fsp3) is 0.0909. The molecular formula is C11H7NO2. The van der Waals surface area contributed by atoms with E-state index in [1.165, 1.54) is 7.11 Å². The smallest absolute Gasteiger partial charge is 0.384 e. The zero-order chi connectivity index (χ0) is 10.4. The predicted octanol–water partition coefficient (Wildman–Crippen LogP) is 1.08. The number of nitrogens with zero attached hydrogens (tertiary/aromatic N) is 1. The molecule has 0 spiro atoms. The fourth-order valence-electron chi connectivity index (χ4n) is 0.802. The maximum Gasteiger partial charge on any atom is 0.384 e. The zero-order valence-electron chi connectivity index (χ0n) is 7.57. The molecule has 3 nitrogen and oxygen atoms in total. The van der Waals surface area contributed by atoms with Crippen molar-refractivity contribution < 1.29 is 9.53 Å². The molecule has 0 unspecified atom stereocenters. The van der Waals surface area contributed by atoms with Crippen LogP contribution in [0.2, 0.25) is 0 Å². The highest BCUT2D eigenvalue weighted by Gasteiger charge is 1.91. The van der Waals surface area contributed by atoms with E-state index in [9.17, 15) is 4.79 Å². The molecule has 0 heterocycles. The maximum atomic E-state index is 10.7. The summed E-state index contributed by atoms with van der Waals surface area (Å²) in [7, 11) is 1.27. The van der Waals surface area contributed by atoms with Crippen molar-refractivity contribution in [3.8, 4) is 17.9 Å². The average Bonchev–Trinajstić information content (AvgIpc) is 2.26. The zero-order valence-corrected chi connectivity index (χ0v) is 7.57. The first kappa shape index (κ1) is 9.83. The largest absolute Gasteiger partial charge is 0.459 e. The first-order valence-electron chi connectivity index (χ1n) is 3.86. The van der Waals surface area contributed by atoms with Gasteiger partial charge in [0.1, 0.15) is 0 Å². The third kappa shape index (κ3) is 2.66. The molecule has 1 aromatic carbocycles. The summed E-state index contributed by atoms with van der Waals surface area (Å²) in [5, 5.41) is 8.52. The Balaban J connectivity index is 2.83. The molecule has 0 amide bonds. The molecule has 0 aliphatic heterocycles. The van der Waals surface area contributed by atoms with Gasteiger partial charge in [0.15, 0.2) is 0 Å². The fourth-order valence-corrected chi connectivity index (χ4v) is 0.802. The summed E-state index contributed by atoms with van der Waals surface area (Å²) in [5.41, 5.74) is 1.24. The first-order valence-corrected chi connectivity index (χ1v) is 3.86. The summed E-state index contributed by atoms with van der Waals surface area (Å²) in [4.78, 5) is 10.7. The van der Waals surface area contributed by atoms with Crippen LogP contribution in [0, 0.1) is 23.2 Å². The molecule has 0 saturated heterocycles. The van der Waals surface area contributed by atoms with Crippen molar-refractivity contribution in [1.29, 1.82) is 5.26 Å². The number of carbonyl (C=O) groups excluding carboxylic acids is 1. The van der Waals surface area contributed by atoms with E-state index in [1.54, 1.807) is 24.3 Å². The minimum atomic E-state index is -0.575. The number of rotatable bonds is 0. The SMILES string of the molecule is COC(=O)C#Cc1ccc(C#N)cc1. The van der Waals surface area contributed by atoms with Crippen LogP contribution >= 0.6 is 0 Å². The van der Waals surface area contributed by atoms with Gasteiger partial charge in [-0.25, -0.2) is 4.79 Å². The van der Waals surface area contributed by atoms with Gasteiger partial charge in [-0.1, -0.05) is 5.92 Å². The molecule has 0 atom stereocenters. The van der Waals surface area contributed by atoms with Crippen molar-refractivity contribution in [1.82, 2.24) is 0 Å². The molecule has 1 rings (SSSR count). The van der Waals surface area contributed by atoms with Crippen LogP contribution in [0.25, 0.3) is 0 Å². The number of nitriles is 1. The third-order valence-electron chi connectivity index (χ3n) is 1.51. The lowest BCUT2D eigenvalue weighted by Gasteiger charge is -1.89. The van der Waals surface area contributed by atoms with E-state index in [0.29, 0.717) is 11.1 Å². The van der Waals surface area contributed by atoms with Gasteiger partial charge in [-0.05, 0) is 24.3 Å². The first-order chi connectivity index (χ1) is 6.76. The van der Waals surface area contributed by atoms with Gasteiger partial charge in [0.2, 0.25) is 0 Å². The predicted molar refractivity (Wildman–Crippen MR) is 50.1 cm³/mol. The van der Waals surface area contributed by atoms with Crippen LogP contribution < -0.4 is 0 Å². The van der Waals surface area contributed by atoms with Crippen molar-refractivity contribution in [3.63, 3.8) is 0 Å². The van der Waals surface area contributed by atoms with Crippen LogP contribution in [0.15, 0.2) is 24.3 Å². The Hall–Kier alpha value is -2.26. The molecule has 0 aliphatic rings. The number of esters is 1. The number of carbonyl (C=O) groups is 1. The number of ether oxygens (including phenoxy) is 1. The molecule has 0 saturated carbocycles. The van der Waals surface area contributed by atoms with Crippen molar-refractivity contribution in [3.05, 3.63) is 35.4 Å². The van der Waals surface area contributed by atoms with Gasteiger partial charge < -0.3 is 4.74 Å². The minimum absolute atomic E-state index is 0.564. The number of hydrogen-bond acceptors (Lipinski definition) is 3. The third-order valence-corrected chi connectivity index (χ3v) is 1.51. The van der Waals surface area contributed by atoms with Crippen molar-refractivity contribution in [2.45, 2.75) is 0 Å². The monoisotopic (exact) mass is 185 g/mol. The van der Waals surface area contributed by atoms with Crippen molar-refractivity contribution in [2.24, 2.45) is 0 Å². The Morgan fingerprint density at radius 3 is 2.36 bits per heavy atom. The summed E-state index contributed by atoms with van der Waals surface area (Å²) in [6.07, 6.45) is 0. The Kier molecular flexibility index (Phi) is 3.29. The van der Waals surface area contributed by atoms with Gasteiger partial charge in [0, 0.05) is 11.5 Å². The van der Waals surface area contributed by atoms with Crippen LogP contribution in [-0.4, -0.2) is 13.1 Å². The second-order valence-electron chi connectivity index (χ2n) is 2.43. The Bertz CT molecular complexity index is 429. The van der Waals surface area contributed by atoms with Crippen LogP contribution in [0.1, 0.15) is 11.1 Å². The summed E-state index contributed by atoms with van der Waals surface area (Å²) < 4.78 is 4.35. The molecule has 0 aliphatic carbocycles. The molecule has 0 N–H and O–H groups in total. The second kappa shape index (κ2) is 4.69. The standard InChI is InChI=1S/C11H7NO2/c1-14-11(13)7-6-9-2-4-10(8-12)5-3-9/h2-5H,1H3. The highest BCUT2D eigenvalue weighted by atomic mass is 16.5. The van der Waals surface area contributed by atoms with E-state index in [-0.39, 0.29) is 0 Å². The van der Waals surface area contributed by atoms with E-state index in [1.807, 2.05) is 6.07 Å². The number of benzene rings is 1. The van der Waals surface area contributed by atoms with Crippen LogP contribution in [0.3, 0.4) is 0 Å². The number of hydrogen-bond donors (Lipinski definition) is 0. The molecule has 1 aromatic rings. The minimum Gasteiger partial charge on any atom is -0.459 e. The lowest BCUT2D eigenvalue weighted by atomic mass is 10.1. The molecule has 0 fully saturated rings. The van der Waals surface area contributed by atoms with Gasteiger partial charge in [-0.3, -0.25) is 0 Å². The summed E-state index contributed by atoms with van der Waals surface area (Å²) in [6.45, 7) is 0. The van der Waals surface area contributed by atoms with Gasteiger partial charge in [-0.15, -0.1) is 0 Å². The Morgan fingerprint density at radius 2 is 1.86 bits per heavy atom. The van der Waals surface area contributed by atoms with Crippen molar-refractivity contribution >= 4 is 5.97 Å². The second-order valence-corrected chi connectivity index (χ2v) is 2.43. The maximum absolute atomic E-state index is 10.7. The normalized spacial score (nSPS) is 8.00. The summed E-state index contributed by atoms with van der Waals surface area (Å²) >= 11 is 0. The quantitative estimate of drug-likeness (QED) is 0.449. The van der Waals surface area contributed by atoms with Gasteiger partial charge in [0.05, 0.1) is 18.7 Å². The molecular weight excluding hydrogens is 178 g/mol.